The van der Waals surface area contributed by atoms with Crippen LogP contribution in [-0.2, 0) is 0 Å². The van der Waals surface area contributed by atoms with Gasteiger partial charge in [0.05, 0.1) is 0 Å². The molecule has 0 spiro atoms. The van der Waals surface area contributed by atoms with Crippen LogP contribution in [0.1, 0.15) is 39.5 Å². The zero-order valence-electron chi connectivity index (χ0n) is 13.0. The van der Waals surface area contributed by atoms with Gasteiger partial charge in [0.1, 0.15) is 0 Å². The topological polar surface area (TPSA) is 24.1 Å². The third-order valence-corrected chi connectivity index (χ3v) is 7.94. The van der Waals surface area contributed by atoms with Crippen LogP contribution >= 0.6 is 0 Å². The van der Waals surface area contributed by atoms with Gasteiger partial charge in [0.2, 0.25) is 0 Å². The number of rotatable bonds is 8. The minimum atomic E-state index is -0.950. The van der Waals surface area contributed by atoms with Gasteiger partial charge in [-0.25, -0.2) is 0 Å². The van der Waals surface area contributed by atoms with Crippen molar-refractivity contribution in [1.82, 2.24) is 10.6 Å². The predicted octanol–water partition coefficient (Wildman–Crippen LogP) is 3.14. The normalized spacial score (nSPS) is 28.3. The summed E-state index contributed by atoms with van der Waals surface area (Å²) in [5.74, 6) is 0.915. The first-order valence-electron chi connectivity index (χ1n) is 8.06. The summed E-state index contributed by atoms with van der Waals surface area (Å²) in [7, 11) is 0. The van der Waals surface area contributed by atoms with Gasteiger partial charge in [-0.3, -0.25) is 0 Å². The van der Waals surface area contributed by atoms with E-state index in [2.05, 4.69) is 35.4 Å². The summed E-state index contributed by atoms with van der Waals surface area (Å²) in [5, 5.41) is 7.29. The van der Waals surface area contributed by atoms with E-state index in [1.165, 1.54) is 38.8 Å². The van der Waals surface area contributed by atoms with E-state index in [-0.39, 0.29) is 0 Å². The molecule has 0 aromatic rings. The Kier molecular flexibility index (Phi) is 8.00. The molecular formula is C15H33GaN2. The molecule has 0 aromatic heterocycles. The summed E-state index contributed by atoms with van der Waals surface area (Å²) in [6.45, 7) is 9.24. The summed E-state index contributed by atoms with van der Waals surface area (Å²) < 4.78 is 0. The van der Waals surface area contributed by atoms with E-state index >= 15 is 0 Å². The minimum absolute atomic E-state index is 0.630. The SMILES string of the molecule is CCNCC1CCCCC1(CNCC)[CH2][Ga]([CH3])[CH3]. The van der Waals surface area contributed by atoms with Crippen LogP contribution in [0.2, 0.25) is 15.9 Å². The van der Waals surface area contributed by atoms with E-state index in [1.54, 1.807) is 4.98 Å². The van der Waals surface area contributed by atoms with Gasteiger partial charge in [-0.05, 0) is 0 Å². The van der Waals surface area contributed by atoms with E-state index in [1.807, 2.05) is 0 Å². The Bertz CT molecular complexity index is 221. The molecule has 0 saturated heterocycles. The molecule has 3 heteroatoms. The fourth-order valence-electron chi connectivity index (χ4n) is 3.78. The first kappa shape index (κ1) is 16.6. The van der Waals surface area contributed by atoms with Crippen LogP contribution in [0.5, 0.6) is 0 Å². The van der Waals surface area contributed by atoms with Crippen LogP contribution in [0, 0.1) is 11.3 Å². The van der Waals surface area contributed by atoms with Gasteiger partial charge in [0.25, 0.3) is 0 Å². The van der Waals surface area contributed by atoms with Crippen LogP contribution in [0.4, 0.5) is 0 Å². The summed E-state index contributed by atoms with van der Waals surface area (Å²) in [6, 6.07) is 0. The predicted molar refractivity (Wildman–Crippen MR) is 83.8 cm³/mol. The molecule has 0 aromatic carbocycles. The van der Waals surface area contributed by atoms with Crippen molar-refractivity contribution in [3.05, 3.63) is 0 Å². The average molecular weight is 311 g/mol. The van der Waals surface area contributed by atoms with Crippen molar-refractivity contribution in [1.29, 1.82) is 0 Å². The molecule has 1 fully saturated rings. The first-order chi connectivity index (χ1) is 8.64. The van der Waals surface area contributed by atoms with E-state index in [0.717, 1.165) is 19.0 Å². The number of hydrogen-bond acceptors (Lipinski definition) is 2. The molecule has 0 bridgehead atoms. The van der Waals surface area contributed by atoms with Crippen molar-refractivity contribution in [2.45, 2.75) is 55.5 Å². The van der Waals surface area contributed by atoms with Gasteiger partial charge in [-0.2, -0.15) is 0 Å². The Labute approximate surface area is 120 Å². The standard InChI is InChI=1S/C13H27N2.2CH3.Ga/c1-4-14-10-12-8-6-7-9-13(12,3)11-15-5-2;;;/h12,14-15H,3-11H2,1-2H3;2*1H3;. The van der Waals surface area contributed by atoms with Crippen LogP contribution in [0.3, 0.4) is 0 Å². The Balaban J connectivity index is 2.72. The Morgan fingerprint density at radius 1 is 1.11 bits per heavy atom. The number of nitrogens with one attached hydrogen (secondary N) is 2. The molecular weight excluding hydrogens is 278 g/mol. The second kappa shape index (κ2) is 8.67. The molecule has 1 aliphatic rings. The van der Waals surface area contributed by atoms with Crippen molar-refractivity contribution in [3.8, 4) is 0 Å². The van der Waals surface area contributed by atoms with E-state index in [9.17, 15) is 0 Å². The molecule has 1 aliphatic carbocycles. The Morgan fingerprint density at radius 2 is 1.83 bits per heavy atom. The molecule has 0 heterocycles. The van der Waals surface area contributed by atoms with E-state index < -0.39 is 16.2 Å². The summed E-state index contributed by atoms with van der Waals surface area (Å²) in [4.78, 5) is 1.57. The fraction of sp³-hybridized carbons (Fsp3) is 1.00. The molecule has 2 atom stereocenters. The van der Waals surface area contributed by atoms with Crippen molar-refractivity contribution < 1.29 is 0 Å². The van der Waals surface area contributed by atoms with Crippen LogP contribution in [0.25, 0.3) is 0 Å². The second-order valence-corrected chi connectivity index (χ2v) is 13.2. The van der Waals surface area contributed by atoms with Crippen molar-refractivity contribution in [2.24, 2.45) is 11.3 Å². The maximum absolute atomic E-state index is 3.67. The van der Waals surface area contributed by atoms with Crippen LogP contribution in [0.15, 0.2) is 0 Å². The van der Waals surface area contributed by atoms with Crippen LogP contribution in [-0.4, -0.2) is 42.4 Å². The van der Waals surface area contributed by atoms with Gasteiger partial charge < -0.3 is 0 Å². The molecule has 2 nitrogen and oxygen atoms in total. The molecule has 0 amide bonds. The van der Waals surface area contributed by atoms with E-state index in [0.29, 0.717) is 5.41 Å². The molecule has 1 rings (SSSR count). The van der Waals surface area contributed by atoms with Gasteiger partial charge in [0, 0.05) is 0 Å². The third kappa shape index (κ3) is 4.91. The second-order valence-electron chi connectivity index (χ2n) is 6.49. The zero-order valence-corrected chi connectivity index (χ0v) is 15.4. The summed E-state index contributed by atoms with van der Waals surface area (Å²) >= 11 is -0.950. The van der Waals surface area contributed by atoms with Gasteiger partial charge >= 0.3 is 120 Å². The van der Waals surface area contributed by atoms with Gasteiger partial charge in [-0.15, -0.1) is 0 Å². The number of hydrogen-bond donors (Lipinski definition) is 2. The average Bonchev–Trinajstić information content (AvgIpc) is 2.35. The monoisotopic (exact) mass is 310 g/mol. The zero-order chi connectivity index (χ0) is 13.4. The van der Waals surface area contributed by atoms with Gasteiger partial charge in [0.15, 0.2) is 0 Å². The van der Waals surface area contributed by atoms with Crippen molar-refractivity contribution >= 4 is 16.2 Å². The summed E-state index contributed by atoms with van der Waals surface area (Å²) in [5.41, 5.74) is 5.77. The summed E-state index contributed by atoms with van der Waals surface area (Å²) in [6.07, 6.45) is 5.84. The van der Waals surface area contributed by atoms with Crippen molar-refractivity contribution in [2.75, 3.05) is 26.2 Å². The quantitative estimate of drug-likeness (QED) is 0.673. The van der Waals surface area contributed by atoms with Gasteiger partial charge in [-0.1, -0.05) is 0 Å². The van der Waals surface area contributed by atoms with Crippen LogP contribution < -0.4 is 10.6 Å². The molecule has 0 aliphatic heterocycles. The van der Waals surface area contributed by atoms with E-state index in [4.69, 9.17) is 0 Å². The third-order valence-electron chi connectivity index (χ3n) is 4.53. The maximum atomic E-state index is 3.67. The van der Waals surface area contributed by atoms with Crippen molar-refractivity contribution in [3.63, 3.8) is 0 Å². The molecule has 2 N–H and O–H groups in total. The molecule has 106 valence electrons. The molecule has 18 heavy (non-hydrogen) atoms. The molecule has 0 radical (unpaired) electrons. The Hall–Kier alpha value is 0.556. The first-order valence-corrected chi connectivity index (χ1v) is 14.6. The molecule has 1 saturated carbocycles. The molecule has 2 unspecified atom stereocenters. The Morgan fingerprint density at radius 3 is 2.44 bits per heavy atom. The fourth-order valence-corrected chi connectivity index (χ4v) is 8.62.